The molecule has 0 aliphatic rings. The molecular weight excluding hydrogens is 354 g/mol. The summed E-state index contributed by atoms with van der Waals surface area (Å²) < 4.78 is 12.0. The predicted molar refractivity (Wildman–Crippen MR) is 103 cm³/mol. The first kappa shape index (κ1) is 17.6. The van der Waals surface area contributed by atoms with Gasteiger partial charge in [-0.15, -0.1) is 10.2 Å². The van der Waals surface area contributed by atoms with Crippen LogP contribution in [0.2, 0.25) is 0 Å². The van der Waals surface area contributed by atoms with E-state index in [9.17, 15) is 0 Å². The van der Waals surface area contributed by atoms with Crippen LogP contribution in [-0.4, -0.2) is 29.7 Å². The van der Waals surface area contributed by atoms with Gasteiger partial charge in [0.2, 0.25) is 5.13 Å². The molecule has 0 spiro atoms. The summed E-state index contributed by atoms with van der Waals surface area (Å²) in [6, 6.07) is 17.6. The highest BCUT2D eigenvalue weighted by atomic mass is 32.2. The van der Waals surface area contributed by atoms with Crippen LogP contribution in [0.5, 0.6) is 11.5 Å². The van der Waals surface area contributed by atoms with E-state index < -0.39 is 0 Å². The van der Waals surface area contributed by atoms with Crippen molar-refractivity contribution < 1.29 is 9.47 Å². The molecule has 0 fully saturated rings. The number of hydrogen-bond acceptors (Lipinski definition) is 7. The van der Waals surface area contributed by atoms with Crippen LogP contribution in [0.15, 0.2) is 58.9 Å². The quantitative estimate of drug-likeness (QED) is 0.427. The van der Waals surface area contributed by atoms with E-state index in [4.69, 9.17) is 9.47 Å². The number of anilines is 2. The van der Waals surface area contributed by atoms with E-state index in [1.165, 1.54) is 11.3 Å². The Morgan fingerprint density at radius 3 is 2.68 bits per heavy atom. The van der Waals surface area contributed by atoms with Crippen LogP contribution in [0.4, 0.5) is 10.8 Å². The predicted octanol–water partition coefficient (Wildman–Crippen LogP) is 4.85. The van der Waals surface area contributed by atoms with Crippen molar-refractivity contribution in [2.24, 2.45) is 0 Å². The zero-order valence-electron chi connectivity index (χ0n) is 13.8. The highest BCUT2D eigenvalue weighted by molar-refractivity contribution is 8.01. The lowest BCUT2D eigenvalue weighted by Crippen LogP contribution is -1.98. The van der Waals surface area contributed by atoms with Crippen molar-refractivity contribution in [1.82, 2.24) is 10.2 Å². The van der Waals surface area contributed by atoms with Crippen LogP contribution >= 0.6 is 23.1 Å². The normalized spacial score (nSPS) is 10.4. The van der Waals surface area contributed by atoms with E-state index in [1.54, 1.807) is 18.9 Å². The lowest BCUT2D eigenvalue weighted by atomic mass is 10.3. The van der Waals surface area contributed by atoms with E-state index in [1.807, 2.05) is 54.6 Å². The van der Waals surface area contributed by atoms with Gasteiger partial charge >= 0.3 is 0 Å². The van der Waals surface area contributed by atoms with Gasteiger partial charge in [0.15, 0.2) is 4.34 Å². The highest BCUT2D eigenvalue weighted by Gasteiger charge is 2.07. The summed E-state index contributed by atoms with van der Waals surface area (Å²) in [6.07, 6.45) is 0.953. The average Bonchev–Trinajstić information content (AvgIpc) is 3.10. The molecule has 7 heteroatoms. The van der Waals surface area contributed by atoms with Gasteiger partial charge in [0, 0.05) is 5.75 Å². The Balaban J connectivity index is 1.42. The number of nitrogens with one attached hydrogen (secondary N) is 1. The molecule has 3 aromatic rings. The summed E-state index contributed by atoms with van der Waals surface area (Å²) in [7, 11) is 1.65. The van der Waals surface area contributed by atoms with Gasteiger partial charge < -0.3 is 14.8 Å². The Labute approximate surface area is 155 Å². The van der Waals surface area contributed by atoms with Crippen molar-refractivity contribution in [3.63, 3.8) is 0 Å². The zero-order valence-corrected chi connectivity index (χ0v) is 15.5. The summed E-state index contributed by atoms with van der Waals surface area (Å²) in [5, 5.41) is 12.4. The van der Waals surface area contributed by atoms with Crippen molar-refractivity contribution in [2.75, 3.05) is 24.8 Å². The molecule has 0 amide bonds. The minimum atomic E-state index is 0.697. The van der Waals surface area contributed by atoms with Crippen LogP contribution in [0.3, 0.4) is 0 Å². The first-order valence-electron chi connectivity index (χ1n) is 7.89. The van der Waals surface area contributed by atoms with E-state index >= 15 is 0 Å². The average molecular weight is 374 g/mol. The molecule has 1 heterocycles. The maximum Gasteiger partial charge on any atom is 0.210 e. The van der Waals surface area contributed by atoms with E-state index in [-0.39, 0.29) is 0 Å². The lowest BCUT2D eigenvalue weighted by molar-refractivity contribution is 0.318. The minimum Gasteiger partial charge on any atom is -0.495 e. The third-order valence-electron chi connectivity index (χ3n) is 3.28. The Kier molecular flexibility index (Phi) is 6.53. The summed E-state index contributed by atoms with van der Waals surface area (Å²) >= 11 is 3.23. The van der Waals surface area contributed by atoms with Crippen molar-refractivity contribution in [3.05, 3.63) is 54.6 Å². The van der Waals surface area contributed by atoms with Crippen LogP contribution < -0.4 is 14.8 Å². The third kappa shape index (κ3) is 5.37. The van der Waals surface area contributed by atoms with Gasteiger partial charge in [0.1, 0.15) is 11.5 Å². The molecule has 3 rings (SSSR count). The number of aromatic nitrogens is 2. The van der Waals surface area contributed by atoms with Crippen LogP contribution in [0, 0.1) is 0 Å². The standard InChI is InChI=1S/C18H19N3O2S2/c1-22-16-11-6-5-10-15(16)19-17-20-21-18(25-17)24-13-7-12-23-14-8-3-2-4-9-14/h2-6,8-11H,7,12-13H2,1H3,(H,19,20). The molecule has 25 heavy (non-hydrogen) atoms. The Hall–Kier alpha value is -2.25. The molecule has 0 unspecified atom stereocenters. The number of para-hydroxylation sites is 3. The van der Waals surface area contributed by atoms with Crippen molar-refractivity contribution >= 4 is 33.9 Å². The molecule has 0 saturated heterocycles. The number of thioether (sulfide) groups is 1. The number of ether oxygens (including phenoxy) is 2. The van der Waals surface area contributed by atoms with Gasteiger partial charge in [-0.05, 0) is 30.7 Å². The van der Waals surface area contributed by atoms with Gasteiger partial charge in [0.05, 0.1) is 19.4 Å². The molecule has 1 aromatic heterocycles. The molecule has 0 radical (unpaired) electrons. The smallest absolute Gasteiger partial charge is 0.210 e. The molecule has 0 bridgehead atoms. The fraction of sp³-hybridized carbons (Fsp3) is 0.222. The largest absolute Gasteiger partial charge is 0.495 e. The molecule has 5 nitrogen and oxygen atoms in total. The topological polar surface area (TPSA) is 56.3 Å². The van der Waals surface area contributed by atoms with E-state index in [2.05, 4.69) is 15.5 Å². The fourth-order valence-electron chi connectivity index (χ4n) is 2.11. The molecular formula is C18H19N3O2S2. The molecule has 0 saturated carbocycles. The number of methoxy groups -OCH3 is 1. The lowest BCUT2D eigenvalue weighted by Gasteiger charge is -2.07. The van der Waals surface area contributed by atoms with Crippen LogP contribution in [0.25, 0.3) is 0 Å². The molecule has 1 N–H and O–H groups in total. The summed E-state index contributed by atoms with van der Waals surface area (Å²) in [5.74, 6) is 2.63. The van der Waals surface area contributed by atoms with Crippen molar-refractivity contribution in [1.29, 1.82) is 0 Å². The molecule has 0 aliphatic carbocycles. The van der Waals surface area contributed by atoms with Crippen LogP contribution in [0.1, 0.15) is 6.42 Å². The highest BCUT2D eigenvalue weighted by Crippen LogP contribution is 2.31. The van der Waals surface area contributed by atoms with Gasteiger partial charge in [-0.1, -0.05) is 53.4 Å². The van der Waals surface area contributed by atoms with Gasteiger partial charge in [-0.2, -0.15) is 0 Å². The monoisotopic (exact) mass is 373 g/mol. The molecule has 0 aliphatic heterocycles. The van der Waals surface area contributed by atoms with Crippen molar-refractivity contribution in [3.8, 4) is 11.5 Å². The number of hydrogen-bond donors (Lipinski definition) is 1. The second-order valence-electron chi connectivity index (χ2n) is 5.06. The summed E-state index contributed by atoms with van der Waals surface area (Å²) in [4.78, 5) is 0. The minimum absolute atomic E-state index is 0.697. The van der Waals surface area contributed by atoms with Crippen molar-refractivity contribution in [2.45, 2.75) is 10.8 Å². The van der Waals surface area contributed by atoms with Crippen LogP contribution in [-0.2, 0) is 0 Å². The molecule has 2 aromatic carbocycles. The number of nitrogens with zero attached hydrogens (tertiary/aromatic N) is 2. The SMILES string of the molecule is COc1ccccc1Nc1nnc(SCCCOc2ccccc2)s1. The second kappa shape index (κ2) is 9.29. The maximum atomic E-state index is 5.68. The fourth-order valence-corrected chi connectivity index (χ4v) is 3.85. The van der Waals surface area contributed by atoms with E-state index in [0.717, 1.165) is 38.8 Å². The Morgan fingerprint density at radius 1 is 1.04 bits per heavy atom. The van der Waals surface area contributed by atoms with Gasteiger partial charge in [-0.25, -0.2) is 0 Å². The number of rotatable bonds is 9. The second-order valence-corrected chi connectivity index (χ2v) is 7.38. The first-order chi connectivity index (χ1) is 12.3. The van der Waals surface area contributed by atoms with Gasteiger partial charge in [-0.3, -0.25) is 0 Å². The third-order valence-corrected chi connectivity index (χ3v) is 5.34. The molecule has 130 valence electrons. The summed E-state index contributed by atoms with van der Waals surface area (Å²) in [6.45, 7) is 0.697. The Morgan fingerprint density at radius 2 is 1.84 bits per heavy atom. The molecule has 0 atom stereocenters. The van der Waals surface area contributed by atoms with Gasteiger partial charge in [0.25, 0.3) is 0 Å². The summed E-state index contributed by atoms with van der Waals surface area (Å²) in [5.41, 5.74) is 0.883. The number of benzene rings is 2. The first-order valence-corrected chi connectivity index (χ1v) is 9.69. The zero-order chi connectivity index (χ0) is 17.3. The van der Waals surface area contributed by atoms with E-state index in [0.29, 0.717) is 6.61 Å². The maximum absolute atomic E-state index is 5.68. The Bertz CT molecular complexity index is 781.